The predicted molar refractivity (Wildman–Crippen MR) is 77.6 cm³/mol. The van der Waals surface area contributed by atoms with Crippen molar-refractivity contribution in [3.05, 3.63) is 35.9 Å². The van der Waals surface area contributed by atoms with Gasteiger partial charge in [-0.05, 0) is 19.4 Å². The Balaban J connectivity index is 1.78. The Bertz CT molecular complexity index is 478. The third-order valence-corrected chi connectivity index (χ3v) is 4.25. The van der Waals surface area contributed by atoms with Crippen LogP contribution in [0.2, 0.25) is 0 Å². The van der Waals surface area contributed by atoms with Crippen molar-refractivity contribution in [3.63, 3.8) is 0 Å². The van der Waals surface area contributed by atoms with Gasteiger partial charge in [0.1, 0.15) is 12.2 Å². The monoisotopic (exact) mass is 293 g/mol. The lowest BCUT2D eigenvalue weighted by Gasteiger charge is -2.51. The van der Waals surface area contributed by atoms with E-state index in [1.807, 2.05) is 32.0 Å². The summed E-state index contributed by atoms with van der Waals surface area (Å²) in [5.74, 6) is -0.725. The maximum Gasteiger partial charge on any atom is 0.163 e. The largest absolute Gasteiger partial charge is 0.389 e. The minimum absolute atomic E-state index is 0.0448. The summed E-state index contributed by atoms with van der Waals surface area (Å²) in [7, 11) is 0. The molecule has 0 saturated carbocycles. The van der Waals surface area contributed by atoms with Gasteiger partial charge in [0.15, 0.2) is 5.79 Å². The first-order valence-electron chi connectivity index (χ1n) is 7.42. The molecule has 2 saturated heterocycles. The van der Waals surface area contributed by atoms with E-state index >= 15 is 0 Å². The van der Waals surface area contributed by atoms with Crippen LogP contribution in [-0.2, 0) is 16.0 Å². The third-order valence-electron chi connectivity index (χ3n) is 4.25. The molecule has 0 aliphatic carbocycles. The van der Waals surface area contributed by atoms with Crippen LogP contribution in [0, 0.1) is 0 Å². The van der Waals surface area contributed by atoms with E-state index in [0.717, 1.165) is 0 Å². The van der Waals surface area contributed by atoms with Gasteiger partial charge < -0.3 is 19.7 Å². The third kappa shape index (κ3) is 3.12. The van der Waals surface area contributed by atoms with Gasteiger partial charge in [0.25, 0.3) is 0 Å². The SMILES string of the molecule is CC1(C)OCC2C(O1)C(O)C(O)CN2Cc1ccccc1. The highest BCUT2D eigenvalue weighted by Crippen LogP contribution is 2.32. The average molecular weight is 293 g/mol. The number of ether oxygens (including phenoxy) is 2. The average Bonchev–Trinajstić information content (AvgIpc) is 2.45. The van der Waals surface area contributed by atoms with Gasteiger partial charge >= 0.3 is 0 Å². The Morgan fingerprint density at radius 1 is 1.24 bits per heavy atom. The van der Waals surface area contributed by atoms with Crippen LogP contribution in [0.15, 0.2) is 30.3 Å². The first-order chi connectivity index (χ1) is 9.96. The van der Waals surface area contributed by atoms with Crippen LogP contribution in [0.5, 0.6) is 0 Å². The van der Waals surface area contributed by atoms with E-state index in [1.54, 1.807) is 0 Å². The molecular weight excluding hydrogens is 270 g/mol. The fourth-order valence-corrected chi connectivity index (χ4v) is 3.13. The number of piperidine rings is 1. The summed E-state index contributed by atoms with van der Waals surface area (Å²) in [6.45, 7) is 5.29. The molecular formula is C16H23NO4. The minimum Gasteiger partial charge on any atom is -0.389 e. The number of fused-ring (bicyclic) bond motifs is 1. The van der Waals surface area contributed by atoms with Gasteiger partial charge in [0.05, 0.1) is 18.8 Å². The number of benzene rings is 1. The van der Waals surface area contributed by atoms with Crippen LogP contribution >= 0.6 is 0 Å². The van der Waals surface area contributed by atoms with E-state index in [-0.39, 0.29) is 6.04 Å². The van der Waals surface area contributed by atoms with E-state index < -0.39 is 24.1 Å². The molecule has 1 aromatic rings. The summed E-state index contributed by atoms with van der Waals surface area (Å²) < 4.78 is 11.6. The molecule has 4 unspecified atom stereocenters. The highest BCUT2D eigenvalue weighted by atomic mass is 16.7. The molecule has 0 aromatic heterocycles. The van der Waals surface area contributed by atoms with E-state index in [0.29, 0.717) is 19.7 Å². The highest BCUT2D eigenvalue weighted by molar-refractivity contribution is 5.15. The molecule has 5 nitrogen and oxygen atoms in total. The van der Waals surface area contributed by atoms with E-state index in [1.165, 1.54) is 5.56 Å². The number of likely N-dealkylation sites (tertiary alicyclic amines) is 1. The minimum atomic E-state index is -0.870. The van der Waals surface area contributed by atoms with Gasteiger partial charge in [-0.2, -0.15) is 0 Å². The lowest BCUT2D eigenvalue weighted by Crippen LogP contribution is -2.67. The van der Waals surface area contributed by atoms with Crippen molar-refractivity contribution in [2.45, 2.75) is 50.5 Å². The molecule has 0 amide bonds. The first kappa shape index (κ1) is 14.9. The molecule has 2 N–H and O–H groups in total. The predicted octanol–water partition coefficient (Wildman–Crippen LogP) is 0.744. The molecule has 1 aromatic carbocycles. The van der Waals surface area contributed by atoms with E-state index in [2.05, 4.69) is 17.0 Å². The molecule has 2 aliphatic rings. The fraction of sp³-hybridized carbons (Fsp3) is 0.625. The molecule has 0 radical (unpaired) electrons. The summed E-state index contributed by atoms with van der Waals surface area (Å²) in [5, 5.41) is 20.4. The van der Waals surface area contributed by atoms with Crippen LogP contribution in [0.25, 0.3) is 0 Å². The zero-order valence-corrected chi connectivity index (χ0v) is 12.5. The van der Waals surface area contributed by atoms with Crippen molar-refractivity contribution >= 4 is 0 Å². The van der Waals surface area contributed by atoms with Crippen molar-refractivity contribution in [1.29, 1.82) is 0 Å². The van der Waals surface area contributed by atoms with Crippen LogP contribution in [0.4, 0.5) is 0 Å². The van der Waals surface area contributed by atoms with Gasteiger partial charge in [0.2, 0.25) is 0 Å². The number of β-amino-alcohol motifs (C(OH)–C–C–N with tert-alkyl or cyclic N) is 1. The summed E-state index contributed by atoms with van der Waals surface area (Å²) in [5.41, 5.74) is 1.17. The molecule has 0 spiro atoms. The Hall–Kier alpha value is -0.980. The second-order valence-corrected chi connectivity index (χ2v) is 6.33. The molecule has 5 heteroatoms. The standard InChI is InChI=1S/C16H23NO4/c1-16(2)20-10-12-15(21-16)14(19)13(18)9-17(12)8-11-6-4-3-5-7-11/h3-7,12-15,18-19H,8-10H2,1-2H3. The van der Waals surface area contributed by atoms with Gasteiger partial charge in [-0.15, -0.1) is 0 Å². The molecule has 3 rings (SSSR count). The topological polar surface area (TPSA) is 62.2 Å². The van der Waals surface area contributed by atoms with Crippen molar-refractivity contribution in [1.82, 2.24) is 4.90 Å². The molecule has 2 fully saturated rings. The quantitative estimate of drug-likeness (QED) is 0.842. The van der Waals surface area contributed by atoms with Crippen molar-refractivity contribution in [2.75, 3.05) is 13.2 Å². The summed E-state index contributed by atoms with van der Waals surface area (Å²) in [6, 6.07) is 10.0. The highest BCUT2D eigenvalue weighted by Gasteiger charge is 2.48. The van der Waals surface area contributed by atoms with Gasteiger partial charge in [0, 0.05) is 13.1 Å². The lowest BCUT2D eigenvalue weighted by molar-refractivity contribution is -0.326. The molecule has 2 aliphatic heterocycles. The number of aliphatic hydroxyl groups excluding tert-OH is 2. The Morgan fingerprint density at radius 2 is 1.95 bits per heavy atom. The first-order valence-corrected chi connectivity index (χ1v) is 7.42. The fourth-order valence-electron chi connectivity index (χ4n) is 3.13. The molecule has 21 heavy (non-hydrogen) atoms. The Morgan fingerprint density at radius 3 is 2.67 bits per heavy atom. The molecule has 4 atom stereocenters. The summed E-state index contributed by atoms with van der Waals surface area (Å²) >= 11 is 0. The summed E-state index contributed by atoms with van der Waals surface area (Å²) in [4.78, 5) is 2.13. The normalized spacial score (nSPS) is 36.2. The van der Waals surface area contributed by atoms with Crippen molar-refractivity contribution < 1.29 is 19.7 Å². The lowest BCUT2D eigenvalue weighted by atomic mass is 9.92. The maximum atomic E-state index is 10.2. The number of rotatable bonds is 2. The molecule has 2 heterocycles. The smallest absolute Gasteiger partial charge is 0.163 e. The van der Waals surface area contributed by atoms with E-state index in [4.69, 9.17) is 9.47 Å². The molecule has 0 bridgehead atoms. The van der Waals surface area contributed by atoms with Gasteiger partial charge in [-0.1, -0.05) is 30.3 Å². The van der Waals surface area contributed by atoms with Gasteiger partial charge in [-0.3, -0.25) is 4.90 Å². The van der Waals surface area contributed by atoms with Crippen molar-refractivity contribution in [3.8, 4) is 0 Å². The second-order valence-electron chi connectivity index (χ2n) is 6.33. The summed E-state index contributed by atoms with van der Waals surface area (Å²) in [6.07, 6.45) is -2.10. The zero-order chi connectivity index (χ0) is 15.0. The van der Waals surface area contributed by atoms with E-state index in [9.17, 15) is 10.2 Å². The van der Waals surface area contributed by atoms with Gasteiger partial charge in [-0.25, -0.2) is 0 Å². The zero-order valence-electron chi connectivity index (χ0n) is 12.5. The van der Waals surface area contributed by atoms with Crippen LogP contribution < -0.4 is 0 Å². The maximum absolute atomic E-state index is 10.2. The molecule has 116 valence electrons. The number of nitrogens with zero attached hydrogens (tertiary/aromatic N) is 1. The van der Waals surface area contributed by atoms with Crippen LogP contribution in [0.1, 0.15) is 19.4 Å². The van der Waals surface area contributed by atoms with Crippen LogP contribution in [-0.4, -0.2) is 58.4 Å². The second kappa shape index (κ2) is 5.66. The number of aliphatic hydroxyl groups is 2. The van der Waals surface area contributed by atoms with Crippen LogP contribution in [0.3, 0.4) is 0 Å². The number of hydrogen-bond acceptors (Lipinski definition) is 5. The van der Waals surface area contributed by atoms with Crippen molar-refractivity contribution in [2.24, 2.45) is 0 Å². The Kier molecular flexibility index (Phi) is 4.03. The Labute approximate surface area is 125 Å². The number of hydrogen-bond donors (Lipinski definition) is 2.